The number of carbonyl (C=O) groups is 1. The predicted octanol–water partition coefficient (Wildman–Crippen LogP) is 1.93. The van der Waals surface area contributed by atoms with Gasteiger partial charge in [-0.2, -0.15) is 5.10 Å². The van der Waals surface area contributed by atoms with E-state index in [-0.39, 0.29) is 5.78 Å². The van der Waals surface area contributed by atoms with Gasteiger partial charge in [0.25, 0.3) is 0 Å². The Morgan fingerprint density at radius 3 is 3.00 bits per heavy atom. The molecule has 2 aromatic heterocycles. The molecule has 2 aromatic rings. The first-order valence-corrected chi connectivity index (χ1v) is 5.81. The van der Waals surface area contributed by atoms with Crippen LogP contribution in [0, 0.1) is 0 Å². The first-order valence-electron chi connectivity index (χ1n) is 5.81. The van der Waals surface area contributed by atoms with Crippen LogP contribution in [0.3, 0.4) is 0 Å². The number of aryl methyl sites for hydroxylation is 1. The molecule has 0 saturated heterocycles. The van der Waals surface area contributed by atoms with Crippen LogP contribution in [0.2, 0.25) is 0 Å². The van der Waals surface area contributed by atoms with Gasteiger partial charge < -0.3 is 4.74 Å². The molecular weight excluding hydrogens is 230 g/mol. The van der Waals surface area contributed by atoms with Gasteiger partial charge in [0, 0.05) is 18.9 Å². The van der Waals surface area contributed by atoms with Crippen molar-refractivity contribution in [1.82, 2.24) is 14.8 Å². The van der Waals surface area contributed by atoms with Crippen LogP contribution in [0.4, 0.5) is 0 Å². The molecule has 5 nitrogen and oxygen atoms in total. The fourth-order valence-corrected chi connectivity index (χ4v) is 1.72. The molecule has 0 fully saturated rings. The fourth-order valence-electron chi connectivity index (χ4n) is 1.72. The van der Waals surface area contributed by atoms with E-state index in [2.05, 4.69) is 17.0 Å². The Morgan fingerprint density at radius 2 is 2.28 bits per heavy atom. The largest absolute Gasteiger partial charge is 0.494 e. The molecule has 0 aliphatic carbocycles. The second-order valence-corrected chi connectivity index (χ2v) is 3.90. The molecule has 0 radical (unpaired) electrons. The van der Waals surface area contributed by atoms with Crippen molar-refractivity contribution in [3.63, 3.8) is 0 Å². The van der Waals surface area contributed by atoms with E-state index in [0.29, 0.717) is 16.9 Å². The maximum absolute atomic E-state index is 12.3. The minimum absolute atomic E-state index is 0.100. The third-order valence-electron chi connectivity index (χ3n) is 2.60. The maximum Gasteiger partial charge on any atom is 0.200 e. The molecule has 0 atom stereocenters. The van der Waals surface area contributed by atoms with E-state index in [1.807, 2.05) is 0 Å². The number of ether oxygens (including phenoxy) is 1. The lowest BCUT2D eigenvalue weighted by Crippen LogP contribution is -2.03. The summed E-state index contributed by atoms with van der Waals surface area (Å²) in [5.74, 6) is 0.377. The van der Waals surface area contributed by atoms with Crippen molar-refractivity contribution in [2.45, 2.75) is 19.9 Å². The number of hydrogen-bond donors (Lipinski definition) is 0. The van der Waals surface area contributed by atoms with Gasteiger partial charge in [-0.15, -0.1) is 0 Å². The molecule has 0 aromatic carbocycles. The molecule has 0 unspecified atom stereocenters. The van der Waals surface area contributed by atoms with Crippen molar-refractivity contribution in [2.24, 2.45) is 0 Å². The Labute approximate surface area is 105 Å². The van der Waals surface area contributed by atoms with Crippen LogP contribution in [-0.2, 0) is 6.54 Å². The number of nitrogens with zero attached hydrogens (tertiary/aromatic N) is 3. The Bertz CT molecular complexity index is 549. The zero-order valence-electron chi connectivity index (χ0n) is 10.5. The SMILES string of the molecule is CCCn1cc(C(=O)c2ccncc2OC)cn1. The van der Waals surface area contributed by atoms with Crippen molar-refractivity contribution in [3.8, 4) is 5.75 Å². The standard InChI is InChI=1S/C13H15N3O2/c1-3-6-16-9-10(7-15-16)13(17)11-4-5-14-8-12(11)18-2/h4-5,7-9H,3,6H2,1-2H3. The molecule has 2 heterocycles. The number of rotatable bonds is 5. The number of methoxy groups -OCH3 is 1. The first-order chi connectivity index (χ1) is 8.76. The molecule has 5 heteroatoms. The van der Waals surface area contributed by atoms with Crippen LogP contribution < -0.4 is 4.74 Å². The minimum Gasteiger partial charge on any atom is -0.494 e. The van der Waals surface area contributed by atoms with Crippen LogP contribution in [0.5, 0.6) is 5.75 Å². The van der Waals surface area contributed by atoms with Crippen LogP contribution in [0.25, 0.3) is 0 Å². The maximum atomic E-state index is 12.3. The monoisotopic (exact) mass is 245 g/mol. The van der Waals surface area contributed by atoms with Gasteiger partial charge in [0.15, 0.2) is 5.78 Å². The highest BCUT2D eigenvalue weighted by Crippen LogP contribution is 2.19. The molecule has 94 valence electrons. The average molecular weight is 245 g/mol. The lowest BCUT2D eigenvalue weighted by Gasteiger charge is -2.04. The normalized spacial score (nSPS) is 10.3. The second-order valence-electron chi connectivity index (χ2n) is 3.90. The van der Waals surface area contributed by atoms with Gasteiger partial charge in [-0.05, 0) is 12.5 Å². The van der Waals surface area contributed by atoms with Gasteiger partial charge in [-0.25, -0.2) is 0 Å². The summed E-state index contributed by atoms with van der Waals surface area (Å²) < 4.78 is 6.90. The van der Waals surface area contributed by atoms with Crippen molar-refractivity contribution >= 4 is 5.78 Å². The van der Waals surface area contributed by atoms with Gasteiger partial charge in [0.2, 0.25) is 0 Å². The highest BCUT2D eigenvalue weighted by Gasteiger charge is 2.15. The van der Waals surface area contributed by atoms with E-state index in [4.69, 9.17) is 4.74 Å². The highest BCUT2D eigenvalue weighted by molar-refractivity contribution is 6.10. The van der Waals surface area contributed by atoms with Crippen molar-refractivity contribution < 1.29 is 9.53 Å². The quantitative estimate of drug-likeness (QED) is 0.755. The molecule has 0 saturated carbocycles. The Balaban J connectivity index is 2.29. The van der Waals surface area contributed by atoms with Gasteiger partial charge in [-0.1, -0.05) is 6.92 Å². The van der Waals surface area contributed by atoms with Crippen molar-refractivity contribution in [2.75, 3.05) is 7.11 Å². The van der Waals surface area contributed by atoms with E-state index < -0.39 is 0 Å². The summed E-state index contributed by atoms with van der Waals surface area (Å²) >= 11 is 0. The van der Waals surface area contributed by atoms with E-state index in [9.17, 15) is 4.79 Å². The number of ketones is 1. The summed E-state index contributed by atoms with van der Waals surface area (Å²) in [7, 11) is 1.52. The number of hydrogen-bond acceptors (Lipinski definition) is 4. The summed E-state index contributed by atoms with van der Waals surface area (Å²) in [5.41, 5.74) is 1.07. The molecule has 0 bridgehead atoms. The molecular formula is C13H15N3O2. The Kier molecular flexibility index (Phi) is 3.72. The number of aromatic nitrogens is 3. The van der Waals surface area contributed by atoms with Gasteiger partial charge in [0.05, 0.1) is 30.6 Å². The summed E-state index contributed by atoms with van der Waals surface area (Å²) in [6.07, 6.45) is 7.42. The smallest absolute Gasteiger partial charge is 0.200 e. The lowest BCUT2D eigenvalue weighted by atomic mass is 10.1. The van der Waals surface area contributed by atoms with Crippen LogP contribution in [0.15, 0.2) is 30.9 Å². The number of pyridine rings is 1. The lowest BCUT2D eigenvalue weighted by molar-refractivity contribution is 0.103. The highest BCUT2D eigenvalue weighted by atomic mass is 16.5. The third-order valence-corrected chi connectivity index (χ3v) is 2.60. The summed E-state index contributed by atoms with van der Waals surface area (Å²) in [4.78, 5) is 16.2. The minimum atomic E-state index is -0.100. The first kappa shape index (κ1) is 12.3. The third kappa shape index (κ3) is 2.40. The summed E-state index contributed by atoms with van der Waals surface area (Å²) in [6, 6.07) is 1.65. The zero-order valence-corrected chi connectivity index (χ0v) is 10.5. The zero-order chi connectivity index (χ0) is 13.0. The Morgan fingerprint density at radius 1 is 1.44 bits per heavy atom. The topological polar surface area (TPSA) is 57.0 Å². The molecule has 18 heavy (non-hydrogen) atoms. The van der Waals surface area contributed by atoms with E-state index in [1.165, 1.54) is 13.3 Å². The van der Waals surface area contributed by atoms with E-state index in [1.54, 1.807) is 29.3 Å². The molecule has 0 aliphatic rings. The van der Waals surface area contributed by atoms with Crippen LogP contribution in [-0.4, -0.2) is 27.7 Å². The summed E-state index contributed by atoms with van der Waals surface area (Å²) in [5, 5.41) is 4.15. The number of carbonyl (C=O) groups excluding carboxylic acids is 1. The van der Waals surface area contributed by atoms with Gasteiger partial charge in [-0.3, -0.25) is 14.5 Å². The molecule has 0 amide bonds. The molecule has 2 rings (SSSR count). The van der Waals surface area contributed by atoms with Crippen molar-refractivity contribution in [3.05, 3.63) is 42.0 Å². The molecule has 0 aliphatic heterocycles. The Hall–Kier alpha value is -2.17. The van der Waals surface area contributed by atoms with E-state index >= 15 is 0 Å². The predicted molar refractivity (Wildman–Crippen MR) is 66.7 cm³/mol. The van der Waals surface area contributed by atoms with Crippen LogP contribution in [0.1, 0.15) is 29.3 Å². The van der Waals surface area contributed by atoms with Gasteiger partial charge >= 0.3 is 0 Å². The van der Waals surface area contributed by atoms with Crippen LogP contribution >= 0.6 is 0 Å². The van der Waals surface area contributed by atoms with Crippen molar-refractivity contribution in [1.29, 1.82) is 0 Å². The molecule has 0 spiro atoms. The van der Waals surface area contributed by atoms with Gasteiger partial charge in [0.1, 0.15) is 5.75 Å². The average Bonchev–Trinajstić information content (AvgIpc) is 2.87. The summed E-state index contributed by atoms with van der Waals surface area (Å²) in [6.45, 7) is 2.87. The second kappa shape index (κ2) is 5.44. The van der Waals surface area contributed by atoms with E-state index in [0.717, 1.165) is 13.0 Å². The molecule has 0 N–H and O–H groups in total. The fraction of sp³-hybridized carbons (Fsp3) is 0.308.